The Bertz CT molecular complexity index is 1520. The fourth-order valence-electron chi connectivity index (χ4n) is 5.00. The summed E-state index contributed by atoms with van der Waals surface area (Å²) in [5, 5.41) is 6.01. The van der Waals surface area contributed by atoms with Crippen LogP contribution in [0.3, 0.4) is 0 Å². The van der Waals surface area contributed by atoms with Gasteiger partial charge in [0.15, 0.2) is 5.13 Å². The van der Waals surface area contributed by atoms with E-state index in [1.807, 2.05) is 30.5 Å². The minimum atomic E-state index is -3.59. The first-order valence-corrected chi connectivity index (χ1v) is 14.9. The van der Waals surface area contributed by atoms with Gasteiger partial charge in [0, 0.05) is 35.0 Å². The number of aromatic nitrogens is 1. The van der Waals surface area contributed by atoms with Gasteiger partial charge >= 0.3 is 0 Å². The van der Waals surface area contributed by atoms with Crippen molar-refractivity contribution < 1.29 is 13.2 Å². The Balaban J connectivity index is 1.15. The van der Waals surface area contributed by atoms with Gasteiger partial charge in [0.2, 0.25) is 15.9 Å². The molecule has 1 N–H and O–H groups in total. The number of amides is 1. The number of nitrogens with one attached hydrogen (secondary N) is 1. The number of thiazole rings is 1. The van der Waals surface area contributed by atoms with E-state index in [-0.39, 0.29) is 11.8 Å². The smallest absolute Gasteiger partial charge is 0.244 e. The minimum Gasteiger partial charge on any atom is -0.302 e. The van der Waals surface area contributed by atoms with Crippen molar-refractivity contribution in [1.29, 1.82) is 0 Å². The Labute approximate surface area is 212 Å². The molecule has 1 saturated heterocycles. The quantitative estimate of drug-likeness (QED) is 0.300. The van der Waals surface area contributed by atoms with Gasteiger partial charge < -0.3 is 5.32 Å². The van der Waals surface area contributed by atoms with Crippen LogP contribution in [0.1, 0.15) is 12.8 Å². The number of hydrogen-bond acceptors (Lipinski definition) is 6. The van der Waals surface area contributed by atoms with Crippen molar-refractivity contribution in [3.8, 4) is 21.7 Å². The number of piperidine rings is 1. The van der Waals surface area contributed by atoms with Gasteiger partial charge in [-0.15, -0.1) is 11.8 Å². The molecular weight excluding hydrogens is 499 g/mol. The van der Waals surface area contributed by atoms with Crippen LogP contribution in [0, 0.1) is 5.92 Å². The second-order valence-corrected chi connectivity index (χ2v) is 12.5. The van der Waals surface area contributed by atoms with Gasteiger partial charge in [0.05, 0.1) is 15.5 Å². The van der Waals surface area contributed by atoms with E-state index in [0.717, 1.165) is 26.6 Å². The number of thioether (sulfide) groups is 1. The zero-order valence-corrected chi connectivity index (χ0v) is 21.5. The van der Waals surface area contributed by atoms with Gasteiger partial charge in [-0.3, -0.25) is 4.79 Å². The van der Waals surface area contributed by atoms with Crippen LogP contribution in [0.5, 0.6) is 0 Å². The monoisotopic (exact) mass is 521 g/mol. The maximum Gasteiger partial charge on any atom is 0.244 e. The molecule has 3 aromatic carbocycles. The summed E-state index contributed by atoms with van der Waals surface area (Å²) in [6.07, 6.45) is 2.85. The van der Waals surface area contributed by atoms with Gasteiger partial charge in [-0.1, -0.05) is 59.9 Å². The second kappa shape index (κ2) is 8.74. The zero-order chi connectivity index (χ0) is 24.2. The lowest BCUT2D eigenvalue weighted by Crippen LogP contribution is -2.41. The summed E-state index contributed by atoms with van der Waals surface area (Å²) >= 11 is 2.92. The zero-order valence-electron chi connectivity index (χ0n) is 19.0. The van der Waals surface area contributed by atoms with Crippen molar-refractivity contribution in [2.75, 3.05) is 24.7 Å². The highest BCUT2D eigenvalue weighted by molar-refractivity contribution is 7.99. The lowest BCUT2D eigenvalue weighted by Gasteiger charge is -2.30. The number of carbonyl (C=O) groups excluding carboxylic acids is 1. The van der Waals surface area contributed by atoms with Crippen LogP contribution >= 0.6 is 23.1 Å². The molecule has 1 aliphatic heterocycles. The molecule has 1 aliphatic carbocycles. The van der Waals surface area contributed by atoms with Crippen LogP contribution < -0.4 is 5.32 Å². The van der Waals surface area contributed by atoms with Crippen molar-refractivity contribution >= 4 is 54.9 Å². The average molecular weight is 522 g/mol. The Morgan fingerprint density at radius 3 is 2.49 bits per heavy atom. The maximum atomic E-state index is 13.2. The number of carbonyl (C=O) groups is 1. The summed E-state index contributed by atoms with van der Waals surface area (Å²) in [4.78, 5) is 20.0. The van der Waals surface area contributed by atoms with Gasteiger partial charge in [-0.2, -0.15) is 4.31 Å². The van der Waals surface area contributed by atoms with Crippen LogP contribution in [-0.2, 0) is 14.8 Å². The van der Waals surface area contributed by atoms with Crippen LogP contribution in [0.15, 0.2) is 70.5 Å². The molecule has 9 heteroatoms. The van der Waals surface area contributed by atoms with Crippen LogP contribution in [0.25, 0.3) is 32.5 Å². The Kier molecular flexibility index (Phi) is 5.68. The fraction of sp³-hybridized carbons (Fsp3) is 0.231. The maximum absolute atomic E-state index is 13.2. The van der Waals surface area contributed by atoms with Crippen LogP contribution in [0.2, 0.25) is 0 Å². The molecule has 1 aromatic heterocycles. The molecule has 6 nitrogen and oxygen atoms in total. The van der Waals surface area contributed by atoms with Gasteiger partial charge in [-0.05, 0) is 42.0 Å². The summed E-state index contributed by atoms with van der Waals surface area (Å²) in [6.45, 7) is 0.653. The third-order valence-electron chi connectivity index (χ3n) is 6.77. The van der Waals surface area contributed by atoms with Crippen LogP contribution in [-0.4, -0.2) is 43.0 Å². The highest BCUT2D eigenvalue weighted by Gasteiger charge is 2.34. The summed E-state index contributed by atoms with van der Waals surface area (Å²) in [5.74, 6) is -0.336. The van der Waals surface area contributed by atoms with E-state index in [9.17, 15) is 13.2 Å². The third-order valence-corrected chi connectivity index (χ3v) is 10.7. The van der Waals surface area contributed by atoms with Gasteiger partial charge in [-0.25, -0.2) is 13.4 Å². The molecule has 0 bridgehead atoms. The largest absolute Gasteiger partial charge is 0.302 e. The van der Waals surface area contributed by atoms with E-state index in [4.69, 9.17) is 4.98 Å². The predicted octanol–water partition coefficient (Wildman–Crippen LogP) is 5.71. The number of fused-ring (bicyclic) bond motifs is 3. The number of hydrogen-bond donors (Lipinski definition) is 1. The predicted molar refractivity (Wildman–Crippen MR) is 142 cm³/mol. The molecule has 178 valence electrons. The van der Waals surface area contributed by atoms with Crippen molar-refractivity contribution in [2.45, 2.75) is 22.6 Å². The van der Waals surface area contributed by atoms with Crippen molar-refractivity contribution in [3.05, 3.63) is 60.7 Å². The summed E-state index contributed by atoms with van der Waals surface area (Å²) < 4.78 is 27.9. The van der Waals surface area contributed by atoms with Crippen molar-refractivity contribution in [1.82, 2.24) is 9.29 Å². The number of nitrogens with zero attached hydrogens (tertiary/aromatic N) is 2. The molecule has 1 fully saturated rings. The molecule has 0 saturated carbocycles. The SMILES string of the molecule is CSc1ccccc1S(=O)(=O)N1CCC(C(=O)Nc2nc3c(s2)-c2cccc4cccc-3c24)CC1. The van der Waals surface area contributed by atoms with E-state index in [0.29, 0.717) is 36.0 Å². The molecule has 0 radical (unpaired) electrons. The number of rotatable bonds is 5. The molecule has 2 aliphatic rings. The molecule has 0 spiro atoms. The van der Waals surface area contributed by atoms with E-state index in [2.05, 4.69) is 29.6 Å². The number of benzene rings is 3. The first kappa shape index (κ1) is 22.7. The van der Waals surface area contributed by atoms with E-state index in [1.54, 1.807) is 12.1 Å². The number of anilines is 1. The Morgan fingerprint density at radius 1 is 1.03 bits per heavy atom. The normalized spacial score (nSPS) is 15.9. The van der Waals surface area contributed by atoms with E-state index >= 15 is 0 Å². The Hall–Kier alpha value is -2.72. The first-order valence-electron chi connectivity index (χ1n) is 11.4. The van der Waals surface area contributed by atoms with Crippen molar-refractivity contribution in [2.24, 2.45) is 5.92 Å². The second-order valence-electron chi connectivity index (χ2n) is 8.72. The first-order chi connectivity index (χ1) is 17.0. The van der Waals surface area contributed by atoms with E-state index in [1.165, 1.54) is 38.2 Å². The summed E-state index contributed by atoms with van der Waals surface area (Å²) in [7, 11) is -3.59. The van der Waals surface area contributed by atoms with Gasteiger partial charge in [0.1, 0.15) is 0 Å². The molecule has 1 amide bonds. The Morgan fingerprint density at radius 2 is 1.74 bits per heavy atom. The molecule has 0 atom stereocenters. The number of sulfonamides is 1. The van der Waals surface area contributed by atoms with E-state index < -0.39 is 10.0 Å². The summed E-state index contributed by atoms with van der Waals surface area (Å²) in [5.41, 5.74) is 3.19. The standard InChI is InChI=1S/C26H23N3O3S3/c1-33-20-10-2-3-11-21(20)35(31,32)29-14-12-17(13-15-29)25(30)28-26-27-23-18-8-4-6-16-7-5-9-19(22(16)18)24(23)34-26/h2-11,17H,12-15H2,1H3,(H,27,28,30). The average Bonchev–Trinajstić information content (AvgIpc) is 3.43. The lowest BCUT2D eigenvalue weighted by molar-refractivity contribution is -0.120. The molecule has 35 heavy (non-hydrogen) atoms. The molecule has 4 aromatic rings. The van der Waals surface area contributed by atoms with Gasteiger partial charge in [0.25, 0.3) is 0 Å². The van der Waals surface area contributed by atoms with Crippen LogP contribution in [0.4, 0.5) is 5.13 Å². The molecule has 6 rings (SSSR count). The lowest BCUT2D eigenvalue weighted by atomic mass is 9.97. The van der Waals surface area contributed by atoms with Crippen molar-refractivity contribution in [3.63, 3.8) is 0 Å². The fourth-order valence-corrected chi connectivity index (χ4v) is 8.61. The topological polar surface area (TPSA) is 79.4 Å². The highest BCUT2D eigenvalue weighted by Crippen LogP contribution is 2.50. The minimum absolute atomic E-state index is 0.0921. The molecular formula is C26H23N3O3S3. The third kappa shape index (κ3) is 3.78. The summed E-state index contributed by atoms with van der Waals surface area (Å²) in [6, 6.07) is 19.5. The highest BCUT2D eigenvalue weighted by atomic mass is 32.2. The molecule has 0 unspecified atom stereocenters. The molecule has 2 heterocycles.